The first-order valence-electron chi connectivity index (χ1n) is 13.2. The molecular weight excluding hydrogens is 532 g/mol. The number of pyridine rings is 1. The highest BCUT2D eigenvalue weighted by Gasteiger charge is 2.25. The molecule has 39 heavy (non-hydrogen) atoms. The molecule has 208 valence electrons. The second-order valence-corrected chi connectivity index (χ2v) is 13.2. The molecule has 2 aliphatic heterocycles. The molecule has 2 aliphatic rings. The van der Waals surface area contributed by atoms with Crippen LogP contribution in [0.4, 0.5) is 11.5 Å². The molecule has 4 heterocycles. The summed E-state index contributed by atoms with van der Waals surface area (Å²) in [6.45, 7) is 10.5. The van der Waals surface area contributed by atoms with Crippen LogP contribution in [0.25, 0.3) is 15.9 Å². The minimum absolute atomic E-state index is 0.526. The number of nitrogens with two attached hydrogens (primary N) is 1. The molecule has 1 aromatic carbocycles. The number of sulfonamides is 1. The molecule has 3 aromatic rings. The largest absolute Gasteiger partial charge is 0.398 e. The fourth-order valence-corrected chi connectivity index (χ4v) is 7.14. The zero-order valence-corrected chi connectivity index (χ0v) is 24.4. The lowest BCUT2D eigenvalue weighted by Crippen LogP contribution is -2.47. The molecule has 2 saturated heterocycles. The third kappa shape index (κ3) is 6.50. The predicted molar refractivity (Wildman–Crippen MR) is 161 cm³/mol. The average Bonchev–Trinajstić information content (AvgIpc) is 3.23. The summed E-state index contributed by atoms with van der Waals surface area (Å²) in [4.78, 5) is 15.6. The van der Waals surface area contributed by atoms with Crippen LogP contribution in [0.5, 0.6) is 0 Å². The van der Waals surface area contributed by atoms with Gasteiger partial charge in [0.1, 0.15) is 0 Å². The van der Waals surface area contributed by atoms with Crippen molar-refractivity contribution in [2.45, 2.75) is 20.4 Å². The van der Waals surface area contributed by atoms with Gasteiger partial charge >= 0.3 is 0 Å². The van der Waals surface area contributed by atoms with E-state index in [0.717, 1.165) is 65.3 Å². The average molecular weight is 569 g/mol. The van der Waals surface area contributed by atoms with Gasteiger partial charge in [0, 0.05) is 68.7 Å². The number of ether oxygens (including phenoxy) is 1. The molecule has 2 fully saturated rings. The zero-order chi connectivity index (χ0) is 27.6. The number of nitrogens with zero attached hydrogens (tertiary/aromatic N) is 5. The fraction of sp³-hybridized carbons (Fsp3) is 0.429. The van der Waals surface area contributed by atoms with E-state index >= 15 is 0 Å². The molecule has 0 spiro atoms. The number of piperazine rings is 1. The number of fused-ring (bicyclic) bond motifs is 1. The maximum Gasteiger partial charge on any atom is 0.211 e. The first kappa shape index (κ1) is 27.7. The molecule has 2 aromatic heterocycles. The number of benzene rings is 1. The van der Waals surface area contributed by atoms with E-state index in [-0.39, 0.29) is 0 Å². The minimum Gasteiger partial charge on any atom is -0.398 e. The SMILES string of the molecule is Cc1cccc(/C(N)=C/C=Nc2cc(N3CCOCC3)c3sc(CN4CCN(S(C)(=O)=O)CC4)c(C)c3n2)c1. The normalized spacial score (nSPS) is 18.4. The molecule has 0 unspecified atom stereocenters. The van der Waals surface area contributed by atoms with Crippen LogP contribution in [0.2, 0.25) is 0 Å². The molecule has 0 radical (unpaired) electrons. The van der Waals surface area contributed by atoms with Crippen molar-refractivity contribution in [2.75, 3.05) is 63.6 Å². The standard InChI is InChI=1S/C28H36N6O3S2/c1-20-5-4-6-22(17-20)23(29)7-8-30-26-18-24(33-13-15-37-16-14-33)28-27(31-26)21(2)25(38-28)19-32-9-11-34(12-10-32)39(3,35)36/h4-8,17-18H,9-16,19,29H2,1-3H3/b23-7-,30-8?. The van der Waals surface area contributed by atoms with Gasteiger partial charge in [-0.1, -0.05) is 23.8 Å². The van der Waals surface area contributed by atoms with Crippen molar-refractivity contribution in [3.05, 3.63) is 58.0 Å². The highest BCUT2D eigenvalue weighted by molar-refractivity contribution is 7.88. The predicted octanol–water partition coefficient (Wildman–Crippen LogP) is 3.53. The van der Waals surface area contributed by atoms with Crippen molar-refractivity contribution in [3.63, 3.8) is 0 Å². The molecule has 11 heteroatoms. The quantitative estimate of drug-likeness (QED) is 0.435. The van der Waals surface area contributed by atoms with E-state index in [1.54, 1.807) is 21.9 Å². The number of hydrogen-bond donors (Lipinski definition) is 1. The van der Waals surface area contributed by atoms with Gasteiger partial charge in [-0.05, 0) is 37.1 Å². The van der Waals surface area contributed by atoms with Gasteiger partial charge in [-0.3, -0.25) is 4.90 Å². The van der Waals surface area contributed by atoms with Crippen LogP contribution in [-0.2, 0) is 21.3 Å². The maximum absolute atomic E-state index is 11.9. The summed E-state index contributed by atoms with van der Waals surface area (Å²) in [6, 6.07) is 10.1. The number of hydrogen-bond acceptors (Lipinski definition) is 9. The van der Waals surface area contributed by atoms with Gasteiger partial charge in [0.25, 0.3) is 0 Å². The van der Waals surface area contributed by atoms with E-state index < -0.39 is 10.0 Å². The van der Waals surface area contributed by atoms with Crippen molar-refractivity contribution in [1.82, 2.24) is 14.2 Å². The Morgan fingerprint density at radius 2 is 1.87 bits per heavy atom. The number of allylic oxidation sites excluding steroid dienone is 1. The second-order valence-electron chi connectivity index (χ2n) is 10.1. The Kier molecular flexibility index (Phi) is 8.34. The number of aliphatic imine (C=N–C) groups is 1. The third-order valence-electron chi connectivity index (χ3n) is 7.27. The number of rotatable bonds is 7. The highest BCUT2D eigenvalue weighted by Crippen LogP contribution is 2.39. The smallest absolute Gasteiger partial charge is 0.211 e. The molecule has 0 atom stereocenters. The van der Waals surface area contributed by atoms with Crippen molar-refractivity contribution in [2.24, 2.45) is 10.7 Å². The minimum atomic E-state index is -3.15. The summed E-state index contributed by atoms with van der Waals surface area (Å²) >= 11 is 1.78. The Labute approximate surface area is 234 Å². The van der Waals surface area contributed by atoms with Crippen molar-refractivity contribution in [1.29, 1.82) is 0 Å². The van der Waals surface area contributed by atoms with Crippen LogP contribution in [0.1, 0.15) is 21.6 Å². The molecule has 0 bridgehead atoms. The summed E-state index contributed by atoms with van der Waals surface area (Å²) < 4.78 is 32.1. The second kappa shape index (κ2) is 11.7. The van der Waals surface area contributed by atoms with E-state index in [9.17, 15) is 8.42 Å². The molecule has 0 amide bonds. The van der Waals surface area contributed by atoms with Gasteiger partial charge < -0.3 is 15.4 Å². The van der Waals surface area contributed by atoms with E-state index in [1.165, 1.54) is 11.1 Å². The van der Waals surface area contributed by atoms with E-state index in [1.807, 2.05) is 31.2 Å². The van der Waals surface area contributed by atoms with E-state index in [0.29, 0.717) is 37.8 Å². The van der Waals surface area contributed by atoms with Crippen LogP contribution in [0.3, 0.4) is 0 Å². The molecule has 0 aliphatic carbocycles. The van der Waals surface area contributed by atoms with Crippen molar-refractivity contribution >= 4 is 55.0 Å². The molecule has 0 saturated carbocycles. The lowest BCUT2D eigenvalue weighted by atomic mass is 10.1. The maximum atomic E-state index is 11.9. The highest BCUT2D eigenvalue weighted by atomic mass is 32.2. The molecule has 9 nitrogen and oxygen atoms in total. The van der Waals surface area contributed by atoms with E-state index in [2.05, 4.69) is 33.8 Å². The Hall–Kier alpha value is -2.83. The summed E-state index contributed by atoms with van der Waals surface area (Å²) in [7, 11) is -3.15. The summed E-state index contributed by atoms with van der Waals surface area (Å²) in [6.07, 6.45) is 4.82. The summed E-state index contributed by atoms with van der Waals surface area (Å²) in [5.41, 5.74) is 12.3. The van der Waals surface area contributed by atoms with Gasteiger partial charge in [0.05, 0.1) is 35.4 Å². The number of aromatic nitrogens is 1. The molecule has 5 rings (SSSR count). The monoisotopic (exact) mass is 568 g/mol. The first-order chi connectivity index (χ1) is 18.7. The number of thiophene rings is 1. The molecule has 2 N–H and O–H groups in total. The Bertz CT molecular complexity index is 1500. The number of aryl methyl sites for hydroxylation is 2. The van der Waals surface area contributed by atoms with Crippen LogP contribution < -0.4 is 10.6 Å². The van der Waals surface area contributed by atoms with Crippen LogP contribution in [0.15, 0.2) is 41.4 Å². The summed E-state index contributed by atoms with van der Waals surface area (Å²) in [5.74, 6) is 0.645. The Morgan fingerprint density at radius 1 is 1.13 bits per heavy atom. The summed E-state index contributed by atoms with van der Waals surface area (Å²) in [5, 5.41) is 0. The van der Waals surface area contributed by atoms with Crippen molar-refractivity contribution < 1.29 is 13.2 Å². The van der Waals surface area contributed by atoms with Gasteiger partial charge in [-0.15, -0.1) is 11.3 Å². The molecular formula is C28H36N6O3S2. The number of morpholine rings is 1. The lowest BCUT2D eigenvalue weighted by Gasteiger charge is -2.33. The van der Waals surface area contributed by atoms with Gasteiger partial charge in [-0.25, -0.2) is 18.4 Å². The third-order valence-corrected chi connectivity index (χ3v) is 9.86. The van der Waals surface area contributed by atoms with Gasteiger partial charge in [0.15, 0.2) is 5.82 Å². The Balaban J connectivity index is 1.43. The van der Waals surface area contributed by atoms with Crippen LogP contribution in [-0.4, -0.2) is 87.6 Å². The van der Waals surface area contributed by atoms with Crippen LogP contribution in [0, 0.1) is 13.8 Å². The topological polar surface area (TPSA) is 104 Å². The van der Waals surface area contributed by atoms with Gasteiger partial charge in [-0.2, -0.15) is 4.31 Å². The van der Waals surface area contributed by atoms with Gasteiger partial charge in [0.2, 0.25) is 10.0 Å². The van der Waals surface area contributed by atoms with E-state index in [4.69, 9.17) is 15.5 Å². The first-order valence-corrected chi connectivity index (χ1v) is 15.9. The zero-order valence-electron chi connectivity index (χ0n) is 22.8. The van der Waals surface area contributed by atoms with Crippen LogP contribution >= 0.6 is 11.3 Å². The lowest BCUT2D eigenvalue weighted by molar-refractivity contribution is 0.123. The Morgan fingerprint density at radius 3 is 2.56 bits per heavy atom. The van der Waals surface area contributed by atoms with Crippen molar-refractivity contribution in [3.8, 4) is 0 Å². The number of anilines is 1. The fourth-order valence-electron chi connectivity index (χ4n) is 4.99.